The maximum absolute atomic E-state index is 13.8. The number of halogens is 1. The lowest BCUT2D eigenvalue weighted by molar-refractivity contribution is -0.142. The highest BCUT2D eigenvalue weighted by molar-refractivity contribution is 6.31. The van der Waals surface area contributed by atoms with Crippen LogP contribution < -0.4 is 0 Å². The van der Waals surface area contributed by atoms with Crippen LogP contribution in [0.15, 0.2) is 53.5 Å². The van der Waals surface area contributed by atoms with E-state index in [1.54, 1.807) is 17.0 Å². The van der Waals surface area contributed by atoms with Crippen molar-refractivity contribution < 1.29 is 19.5 Å². The zero-order valence-corrected chi connectivity index (χ0v) is 22.3. The molecule has 1 fully saturated rings. The number of amides is 1. The summed E-state index contributed by atoms with van der Waals surface area (Å²) in [6.07, 6.45) is 4.69. The van der Waals surface area contributed by atoms with E-state index < -0.39 is 17.3 Å². The number of hydrogen-bond acceptors (Lipinski definition) is 4. The predicted octanol–water partition coefficient (Wildman–Crippen LogP) is 6.48. The van der Waals surface area contributed by atoms with Gasteiger partial charge in [0, 0.05) is 35.8 Å². The maximum Gasteiger partial charge on any atom is 0.308 e. The Bertz CT molecular complexity index is 1200. The van der Waals surface area contributed by atoms with Gasteiger partial charge in [0.05, 0.1) is 17.0 Å². The fraction of sp³-hybridized carbons (Fsp3) is 0.467. The fourth-order valence-corrected chi connectivity index (χ4v) is 5.85. The van der Waals surface area contributed by atoms with E-state index in [0.717, 1.165) is 37.0 Å². The maximum atomic E-state index is 13.8. The van der Waals surface area contributed by atoms with Gasteiger partial charge in [-0.15, -0.1) is 0 Å². The van der Waals surface area contributed by atoms with Gasteiger partial charge >= 0.3 is 5.97 Å². The summed E-state index contributed by atoms with van der Waals surface area (Å²) < 4.78 is 0. The smallest absolute Gasteiger partial charge is 0.308 e. The van der Waals surface area contributed by atoms with Crippen molar-refractivity contribution >= 4 is 40.7 Å². The minimum absolute atomic E-state index is 0.0142. The van der Waals surface area contributed by atoms with Crippen LogP contribution in [0.2, 0.25) is 5.02 Å². The van der Waals surface area contributed by atoms with Crippen LogP contribution in [0.5, 0.6) is 0 Å². The molecule has 4 rings (SSSR count). The van der Waals surface area contributed by atoms with Crippen LogP contribution in [0.4, 0.5) is 5.69 Å². The Hall–Kier alpha value is -2.99. The zero-order chi connectivity index (χ0) is 26.6. The van der Waals surface area contributed by atoms with Crippen LogP contribution >= 0.6 is 11.6 Å². The number of ketones is 1. The number of aliphatic carboxylic acids is 1. The molecule has 1 saturated heterocycles. The van der Waals surface area contributed by atoms with E-state index >= 15 is 0 Å². The number of carbonyl (C=O) groups excluding carboxylic acids is 2. The van der Waals surface area contributed by atoms with E-state index in [1.165, 1.54) is 0 Å². The molecule has 37 heavy (non-hydrogen) atoms. The number of Topliss-reactive ketones (excluding diaryl/α,β-unsaturated/α-hetero) is 1. The van der Waals surface area contributed by atoms with Crippen molar-refractivity contribution in [3.63, 3.8) is 0 Å². The number of carboxylic acids is 1. The first-order valence-corrected chi connectivity index (χ1v) is 13.6. The van der Waals surface area contributed by atoms with Gasteiger partial charge in [-0.05, 0) is 75.1 Å². The standard InChI is InChI=1S/C30H35ClN2O4/c1-3-20-11-14-27(34)24-18-23(31)12-13-26(24)32-25(20)10-7-16-30(2,22-8-5-4-6-9-22)29(37)33-17-15-21(19-33)28(35)36/h4-6,8-9,12-13,18,20-21H,3,7,10-11,14-17,19H2,1-2H3,(H,35,36)/t20?,21-,30?/m0/s1. The average molecular weight is 523 g/mol. The third-order valence-corrected chi connectivity index (χ3v) is 8.26. The Morgan fingerprint density at radius 1 is 1.16 bits per heavy atom. The van der Waals surface area contributed by atoms with Crippen LogP contribution in [0.3, 0.4) is 0 Å². The molecule has 0 bridgehead atoms. The van der Waals surface area contributed by atoms with E-state index in [9.17, 15) is 19.5 Å². The summed E-state index contributed by atoms with van der Waals surface area (Å²) in [5.41, 5.74) is 2.48. The van der Waals surface area contributed by atoms with E-state index in [2.05, 4.69) is 6.92 Å². The number of likely N-dealkylation sites (tertiary alicyclic amines) is 1. The van der Waals surface area contributed by atoms with Gasteiger partial charge in [0.2, 0.25) is 5.91 Å². The van der Waals surface area contributed by atoms with Crippen LogP contribution in [0.1, 0.15) is 74.7 Å². The molecule has 0 aromatic heterocycles. The molecule has 1 amide bonds. The van der Waals surface area contributed by atoms with Crippen molar-refractivity contribution in [2.75, 3.05) is 13.1 Å². The molecule has 2 heterocycles. The number of carbonyl (C=O) groups is 3. The summed E-state index contributed by atoms with van der Waals surface area (Å²) in [6.45, 7) is 4.83. The molecule has 2 unspecified atom stereocenters. The molecule has 0 radical (unpaired) electrons. The van der Waals surface area contributed by atoms with Gasteiger partial charge in [0.15, 0.2) is 5.78 Å². The summed E-state index contributed by atoms with van der Waals surface area (Å²) in [7, 11) is 0. The Balaban J connectivity index is 1.57. The molecule has 0 saturated carbocycles. The average Bonchev–Trinajstić information content (AvgIpc) is 3.39. The minimum atomic E-state index is -0.843. The molecular formula is C30H35ClN2O4. The molecule has 196 valence electrons. The van der Waals surface area contributed by atoms with Crippen LogP contribution in [0.25, 0.3) is 0 Å². The normalized spacial score (nSPS) is 21.4. The molecule has 0 aliphatic carbocycles. The number of aliphatic imine (C=N–C) groups is 1. The molecule has 2 aromatic rings. The minimum Gasteiger partial charge on any atom is -0.481 e. The van der Waals surface area contributed by atoms with Crippen molar-refractivity contribution in [1.29, 1.82) is 0 Å². The lowest BCUT2D eigenvalue weighted by Gasteiger charge is -2.33. The van der Waals surface area contributed by atoms with Crippen molar-refractivity contribution in [2.45, 2.75) is 64.2 Å². The largest absolute Gasteiger partial charge is 0.481 e. The highest BCUT2D eigenvalue weighted by Gasteiger charge is 2.41. The van der Waals surface area contributed by atoms with Gasteiger partial charge < -0.3 is 10.0 Å². The van der Waals surface area contributed by atoms with Crippen molar-refractivity contribution in [1.82, 2.24) is 4.90 Å². The number of benzene rings is 2. The van der Waals surface area contributed by atoms with E-state index in [0.29, 0.717) is 42.1 Å². The molecule has 6 nitrogen and oxygen atoms in total. The van der Waals surface area contributed by atoms with Gasteiger partial charge in [0.25, 0.3) is 0 Å². The van der Waals surface area contributed by atoms with Gasteiger partial charge in [0.1, 0.15) is 0 Å². The number of rotatable bonds is 8. The first-order valence-electron chi connectivity index (χ1n) is 13.2. The second kappa shape index (κ2) is 11.6. The Labute approximate surface area is 223 Å². The molecule has 3 atom stereocenters. The van der Waals surface area contributed by atoms with Gasteiger partial charge in [-0.25, -0.2) is 0 Å². The van der Waals surface area contributed by atoms with Crippen LogP contribution in [0, 0.1) is 11.8 Å². The number of hydrogen-bond donors (Lipinski definition) is 1. The third-order valence-electron chi connectivity index (χ3n) is 8.02. The van der Waals surface area contributed by atoms with E-state index in [1.807, 2.05) is 43.3 Å². The van der Waals surface area contributed by atoms with Crippen molar-refractivity contribution in [2.24, 2.45) is 16.8 Å². The second-order valence-electron chi connectivity index (χ2n) is 10.5. The molecule has 1 N–H and O–H groups in total. The van der Waals surface area contributed by atoms with Gasteiger partial charge in [-0.3, -0.25) is 19.4 Å². The monoisotopic (exact) mass is 522 g/mol. The summed E-state index contributed by atoms with van der Waals surface area (Å²) in [5.74, 6) is -1.08. The highest BCUT2D eigenvalue weighted by atomic mass is 35.5. The first kappa shape index (κ1) is 27.1. The Kier molecular flexibility index (Phi) is 8.48. The predicted molar refractivity (Wildman–Crippen MR) is 146 cm³/mol. The van der Waals surface area contributed by atoms with Crippen molar-refractivity contribution in [3.05, 3.63) is 64.7 Å². The van der Waals surface area contributed by atoms with Gasteiger partial charge in [-0.2, -0.15) is 0 Å². The lowest BCUT2D eigenvalue weighted by Crippen LogP contribution is -2.44. The van der Waals surface area contributed by atoms with E-state index in [4.69, 9.17) is 16.6 Å². The van der Waals surface area contributed by atoms with Gasteiger partial charge in [-0.1, -0.05) is 48.9 Å². The topological polar surface area (TPSA) is 87.0 Å². The zero-order valence-electron chi connectivity index (χ0n) is 21.6. The summed E-state index contributed by atoms with van der Waals surface area (Å²) in [4.78, 5) is 44.7. The quantitative estimate of drug-likeness (QED) is 0.430. The second-order valence-corrected chi connectivity index (χ2v) is 10.9. The molecule has 2 aromatic carbocycles. The molecule has 2 aliphatic rings. The number of carboxylic acid groups (broad SMARTS) is 1. The fourth-order valence-electron chi connectivity index (χ4n) is 5.68. The summed E-state index contributed by atoms with van der Waals surface area (Å²) in [5, 5.41) is 9.96. The third kappa shape index (κ3) is 5.96. The number of nitrogens with zero attached hydrogens (tertiary/aromatic N) is 2. The summed E-state index contributed by atoms with van der Waals surface area (Å²) in [6, 6.07) is 15.1. The van der Waals surface area contributed by atoms with Crippen LogP contribution in [-0.4, -0.2) is 46.5 Å². The SMILES string of the molecule is CCC1CCC(=O)c2cc(Cl)ccc2N=C1CCCC(C)(C(=O)N1CC[C@H](C(=O)O)C1)c1ccccc1. The van der Waals surface area contributed by atoms with Crippen molar-refractivity contribution in [3.8, 4) is 0 Å². The lowest BCUT2D eigenvalue weighted by atomic mass is 9.76. The van der Waals surface area contributed by atoms with E-state index in [-0.39, 0.29) is 24.2 Å². The Morgan fingerprint density at radius 2 is 1.92 bits per heavy atom. The molecular weight excluding hydrogens is 488 g/mol. The van der Waals surface area contributed by atoms with Crippen LogP contribution in [-0.2, 0) is 15.0 Å². The summed E-state index contributed by atoms with van der Waals surface area (Å²) >= 11 is 6.16. The number of fused-ring (bicyclic) bond motifs is 1. The highest BCUT2D eigenvalue weighted by Crippen LogP contribution is 2.36. The molecule has 7 heteroatoms. The molecule has 0 spiro atoms. The molecule has 2 aliphatic heterocycles. The first-order chi connectivity index (χ1) is 17.7. The Morgan fingerprint density at radius 3 is 2.59 bits per heavy atom.